The third kappa shape index (κ3) is 1.44. The molecular formula is C11H8ClN3O. The van der Waals surface area contributed by atoms with E-state index in [0.29, 0.717) is 5.39 Å². The highest BCUT2D eigenvalue weighted by Gasteiger charge is 2.00. The van der Waals surface area contributed by atoms with E-state index in [0.717, 1.165) is 11.0 Å². The van der Waals surface area contributed by atoms with Crippen molar-refractivity contribution in [1.82, 2.24) is 14.4 Å². The summed E-state index contributed by atoms with van der Waals surface area (Å²) in [5.74, 6) is 0. The largest absolute Gasteiger partial charge is 0.297 e. The van der Waals surface area contributed by atoms with Crippen molar-refractivity contribution in [1.29, 1.82) is 0 Å². The molecule has 3 aromatic rings. The summed E-state index contributed by atoms with van der Waals surface area (Å²) in [5, 5.41) is 0.602. The first-order valence-electron chi connectivity index (χ1n) is 4.56. The van der Waals surface area contributed by atoms with E-state index >= 15 is 0 Å². The van der Waals surface area contributed by atoms with Crippen LogP contribution in [0.2, 0.25) is 0 Å². The van der Waals surface area contributed by atoms with Gasteiger partial charge in [0.25, 0.3) is 5.56 Å². The summed E-state index contributed by atoms with van der Waals surface area (Å²) >= 11 is 0. The predicted molar refractivity (Wildman–Crippen MR) is 64.0 cm³/mol. The number of imidazole rings is 1. The minimum atomic E-state index is -0.214. The van der Waals surface area contributed by atoms with Gasteiger partial charge in [-0.1, -0.05) is 12.1 Å². The van der Waals surface area contributed by atoms with Crippen molar-refractivity contribution in [2.24, 2.45) is 0 Å². The molecule has 0 aliphatic rings. The van der Waals surface area contributed by atoms with Crippen LogP contribution in [0, 0.1) is 0 Å². The summed E-state index contributed by atoms with van der Waals surface area (Å²) in [6.07, 6.45) is 4.90. The van der Waals surface area contributed by atoms with E-state index < -0.39 is 0 Å². The topological polar surface area (TPSA) is 47.3 Å². The molecule has 0 N–H and O–H groups in total. The molecule has 0 atom stereocenters. The predicted octanol–water partition coefficient (Wildman–Crippen LogP) is 1.66. The molecule has 4 nitrogen and oxygen atoms in total. The van der Waals surface area contributed by atoms with E-state index in [1.807, 2.05) is 22.6 Å². The highest BCUT2D eigenvalue weighted by atomic mass is 35.5. The summed E-state index contributed by atoms with van der Waals surface area (Å²) in [4.78, 5) is 19.5. The smallest absolute Gasteiger partial charge is 0.279 e. The number of fused-ring (bicyclic) bond motifs is 3. The third-order valence-electron chi connectivity index (χ3n) is 2.38. The van der Waals surface area contributed by atoms with E-state index in [1.54, 1.807) is 18.6 Å². The second-order valence-electron chi connectivity index (χ2n) is 3.27. The fourth-order valence-corrected chi connectivity index (χ4v) is 1.66. The Kier molecular flexibility index (Phi) is 2.58. The molecule has 0 saturated heterocycles. The second-order valence-corrected chi connectivity index (χ2v) is 3.27. The SMILES string of the molecule is Cl.O=c1ncc2cncn2c2ccccc12. The van der Waals surface area contributed by atoms with Crippen LogP contribution in [-0.4, -0.2) is 14.4 Å². The van der Waals surface area contributed by atoms with Gasteiger partial charge < -0.3 is 0 Å². The quantitative estimate of drug-likeness (QED) is 0.593. The maximum atomic E-state index is 11.6. The lowest BCUT2D eigenvalue weighted by Crippen LogP contribution is -2.00. The van der Waals surface area contributed by atoms with Gasteiger partial charge in [-0.05, 0) is 12.1 Å². The van der Waals surface area contributed by atoms with Gasteiger partial charge in [0.2, 0.25) is 0 Å². The number of hydrogen-bond acceptors (Lipinski definition) is 3. The standard InChI is InChI=1S/C11H7N3O.ClH/c15-11-9-3-1-2-4-10(9)14-7-12-5-8(14)6-13-11;/h1-7H;1H. The van der Waals surface area contributed by atoms with E-state index in [2.05, 4.69) is 9.97 Å². The van der Waals surface area contributed by atoms with E-state index in [1.165, 1.54) is 6.20 Å². The van der Waals surface area contributed by atoms with Gasteiger partial charge in [-0.15, -0.1) is 12.4 Å². The van der Waals surface area contributed by atoms with Crippen LogP contribution in [0.25, 0.3) is 16.4 Å². The first kappa shape index (κ1) is 10.6. The number of rotatable bonds is 0. The molecule has 0 spiro atoms. The molecule has 0 aliphatic heterocycles. The highest BCUT2D eigenvalue weighted by molar-refractivity contribution is 5.85. The number of halogens is 1. The number of hydrogen-bond donors (Lipinski definition) is 0. The molecule has 0 unspecified atom stereocenters. The zero-order valence-corrected chi connectivity index (χ0v) is 9.02. The molecule has 3 rings (SSSR count). The number of nitrogens with zero attached hydrogens (tertiary/aromatic N) is 3. The van der Waals surface area contributed by atoms with Crippen molar-refractivity contribution in [2.45, 2.75) is 0 Å². The van der Waals surface area contributed by atoms with Crippen molar-refractivity contribution in [2.75, 3.05) is 0 Å². The Hall–Kier alpha value is -1.94. The van der Waals surface area contributed by atoms with Crippen molar-refractivity contribution in [3.63, 3.8) is 0 Å². The highest BCUT2D eigenvalue weighted by Crippen LogP contribution is 2.09. The number of aromatic nitrogens is 3. The second kappa shape index (κ2) is 3.90. The molecule has 0 amide bonds. The molecule has 80 valence electrons. The molecule has 5 heteroatoms. The van der Waals surface area contributed by atoms with Crippen molar-refractivity contribution in [3.8, 4) is 0 Å². The van der Waals surface area contributed by atoms with Crippen LogP contribution in [0.15, 0.2) is 47.8 Å². The van der Waals surface area contributed by atoms with Gasteiger partial charge in [-0.3, -0.25) is 9.20 Å². The van der Waals surface area contributed by atoms with Gasteiger partial charge in [-0.25, -0.2) is 9.97 Å². The lowest BCUT2D eigenvalue weighted by molar-refractivity contribution is 1.21. The Balaban J connectivity index is 0.000000963. The fourth-order valence-electron chi connectivity index (χ4n) is 1.66. The Bertz CT molecular complexity index is 708. The lowest BCUT2D eigenvalue weighted by atomic mass is 10.2. The zero-order chi connectivity index (χ0) is 10.3. The average molecular weight is 234 g/mol. The van der Waals surface area contributed by atoms with Gasteiger partial charge in [0.1, 0.15) is 0 Å². The van der Waals surface area contributed by atoms with Gasteiger partial charge in [0.05, 0.1) is 35.1 Å². The molecule has 0 bridgehead atoms. The van der Waals surface area contributed by atoms with Crippen LogP contribution >= 0.6 is 12.4 Å². The Morgan fingerprint density at radius 3 is 2.81 bits per heavy atom. The Labute approximate surface area is 97.0 Å². The monoisotopic (exact) mass is 233 g/mol. The summed E-state index contributed by atoms with van der Waals surface area (Å²) < 4.78 is 1.85. The number of benzene rings is 1. The Morgan fingerprint density at radius 2 is 1.94 bits per heavy atom. The summed E-state index contributed by atoms with van der Waals surface area (Å²) in [6, 6.07) is 7.37. The van der Waals surface area contributed by atoms with Gasteiger partial charge in [0.15, 0.2) is 0 Å². The maximum absolute atomic E-state index is 11.6. The van der Waals surface area contributed by atoms with Gasteiger partial charge >= 0.3 is 0 Å². The van der Waals surface area contributed by atoms with Gasteiger partial charge in [0, 0.05) is 0 Å². The third-order valence-corrected chi connectivity index (χ3v) is 2.38. The summed E-state index contributed by atoms with van der Waals surface area (Å²) in [7, 11) is 0. The van der Waals surface area contributed by atoms with Crippen LogP contribution in [0.1, 0.15) is 0 Å². The first-order chi connectivity index (χ1) is 7.36. The maximum Gasteiger partial charge on any atom is 0.279 e. The van der Waals surface area contributed by atoms with Crippen LogP contribution in [-0.2, 0) is 0 Å². The molecule has 2 aromatic heterocycles. The average Bonchev–Trinajstić information content (AvgIpc) is 2.69. The summed E-state index contributed by atoms with van der Waals surface area (Å²) in [6.45, 7) is 0. The molecule has 0 aliphatic carbocycles. The normalized spacial score (nSPS) is 10.2. The fraction of sp³-hybridized carbons (Fsp3) is 0. The molecule has 0 fully saturated rings. The first-order valence-corrected chi connectivity index (χ1v) is 4.56. The molecule has 0 radical (unpaired) electrons. The minimum absolute atomic E-state index is 0. The molecule has 2 heterocycles. The zero-order valence-electron chi connectivity index (χ0n) is 8.20. The van der Waals surface area contributed by atoms with Crippen LogP contribution < -0.4 is 5.56 Å². The van der Waals surface area contributed by atoms with E-state index in [-0.39, 0.29) is 18.0 Å². The Morgan fingerprint density at radius 1 is 1.12 bits per heavy atom. The summed E-state index contributed by atoms with van der Waals surface area (Å²) in [5.41, 5.74) is 1.43. The molecule has 0 saturated carbocycles. The van der Waals surface area contributed by atoms with E-state index in [9.17, 15) is 4.79 Å². The van der Waals surface area contributed by atoms with Crippen molar-refractivity contribution < 1.29 is 0 Å². The van der Waals surface area contributed by atoms with Crippen molar-refractivity contribution >= 4 is 28.8 Å². The number of para-hydroxylation sites is 1. The van der Waals surface area contributed by atoms with E-state index in [4.69, 9.17) is 0 Å². The van der Waals surface area contributed by atoms with Crippen molar-refractivity contribution in [3.05, 3.63) is 53.3 Å². The lowest BCUT2D eigenvalue weighted by Gasteiger charge is -1.92. The van der Waals surface area contributed by atoms with Crippen LogP contribution in [0.5, 0.6) is 0 Å². The molecular weight excluding hydrogens is 226 g/mol. The van der Waals surface area contributed by atoms with Crippen LogP contribution in [0.4, 0.5) is 0 Å². The minimum Gasteiger partial charge on any atom is -0.297 e. The van der Waals surface area contributed by atoms with Gasteiger partial charge in [-0.2, -0.15) is 0 Å². The van der Waals surface area contributed by atoms with Crippen LogP contribution in [0.3, 0.4) is 0 Å². The molecule has 1 aromatic carbocycles. The molecule has 16 heavy (non-hydrogen) atoms.